The van der Waals surface area contributed by atoms with Crippen molar-refractivity contribution >= 4 is 78.5 Å². The van der Waals surface area contributed by atoms with Gasteiger partial charge < -0.3 is 20.1 Å². The molecule has 0 bridgehead atoms. The van der Waals surface area contributed by atoms with Crippen LogP contribution >= 0.6 is 39.7 Å². The Morgan fingerprint density at radius 3 is 2.15 bits per heavy atom. The average Bonchev–Trinajstić information content (AvgIpc) is 3.04. The fraction of sp³-hybridized carbons (Fsp3) is 0.125. The van der Waals surface area contributed by atoms with E-state index in [0.717, 1.165) is 10.0 Å². The molecule has 0 saturated carbocycles. The molecule has 0 saturated heterocycles. The number of benzene rings is 4. The first kappa shape index (κ1) is 35.4. The summed E-state index contributed by atoms with van der Waals surface area (Å²) in [4.78, 5) is 37.8. The van der Waals surface area contributed by atoms with Gasteiger partial charge in [0, 0.05) is 16.6 Å². The zero-order valence-electron chi connectivity index (χ0n) is 24.4. The van der Waals surface area contributed by atoms with Gasteiger partial charge in [-0.2, -0.15) is 0 Å². The van der Waals surface area contributed by atoms with E-state index < -0.39 is 34.0 Å². The number of hydrogen-bond donors (Lipinski definition) is 4. The van der Waals surface area contributed by atoms with Crippen molar-refractivity contribution in [3.05, 3.63) is 124 Å². The highest BCUT2D eigenvalue weighted by molar-refractivity contribution is 9.10. The van der Waals surface area contributed by atoms with Crippen LogP contribution in [0.3, 0.4) is 0 Å². The number of hydrogen-bond acceptors (Lipinski definition) is 8. The summed E-state index contributed by atoms with van der Waals surface area (Å²) < 4.78 is 39.6. The number of rotatable bonds is 12. The van der Waals surface area contributed by atoms with Crippen LogP contribution in [0.1, 0.15) is 11.1 Å². The largest absolute Gasteiger partial charge is 0.482 e. The molecule has 4 aromatic rings. The number of carbonyl (C=O) groups excluding carboxylic acids is 3. The van der Waals surface area contributed by atoms with E-state index in [0.29, 0.717) is 22.0 Å². The smallest absolute Gasteiger partial charge is 0.408 e. The van der Waals surface area contributed by atoms with E-state index in [1.807, 2.05) is 10.8 Å². The van der Waals surface area contributed by atoms with Gasteiger partial charge in [-0.25, -0.2) is 17.9 Å². The Hall–Kier alpha value is -4.50. The van der Waals surface area contributed by atoms with Gasteiger partial charge in [0.15, 0.2) is 11.7 Å². The minimum atomic E-state index is -4.34. The van der Waals surface area contributed by atoms with E-state index in [1.54, 1.807) is 72.8 Å². The van der Waals surface area contributed by atoms with E-state index in [9.17, 15) is 22.8 Å². The second-order valence-corrected chi connectivity index (χ2v) is 13.2. The van der Waals surface area contributed by atoms with Crippen molar-refractivity contribution in [3.63, 3.8) is 0 Å². The van der Waals surface area contributed by atoms with Crippen LogP contribution in [0.2, 0.25) is 5.02 Å². The van der Waals surface area contributed by atoms with E-state index >= 15 is 0 Å². The third-order valence-corrected chi connectivity index (χ3v) is 8.62. The van der Waals surface area contributed by atoms with Crippen LogP contribution in [-0.4, -0.2) is 44.1 Å². The van der Waals surface area contributed by atoms with Crippen LogP contribution in [0.5, 0.6) is 5.75 Å². The Labute approximate surface area is 290 Å². The highest BCUT2D eigenvalue weighted by atomic mass is 79.9. The summed E-state index contributed by atoms with van der Waals surface area (Å²) in [6, 6.07) is 26.7. The second kappa shape index (κ2) is 16.9. The van der Waals surface area contributed by atoms with Crippen molar-refractivity contribution in [2.24, 2.45) is 0 Å². The molecule has 0 spiro atoms. The van der Waals surface area contributed by atoms with E-state index in [-0.39, 0.29) is 29.6 Å². The summed E-state index contributed by atoms with van der Waals surface area (Å²) in [6.07, 6.45) is -0.875. The minimum absolute atomic E-state index is 0.00978. The summed E-state index contributed by atoms with van der Waals surface area (Å²) in [5.74, 6) is -1.19. The molecular formula is C32H28BrClN4O7S2. The summed E-state index contributed by atoms with van der Waals surface area (Å²) in [5.41, 5.74) is 1.80. The number of ether oxygens (including phenoxy) is 2. The average molecular weight is 760 g/mol. The first-order chi connectivity index (χ1) is 22.5. The molecule has 4 N–H and O–H groups in total. The summed E-state index contributed by atoms with van der Waals surface area (Å²) in [6.45, 7) is -0.391. The number of alkyl carbamates (subject to hydrolysis) is 1. The quantitative estimate of drug-likeness (QED) is 0.140. The summed E-state index contributed by atoms with van der Waals surface area (Å²) in [7, 11) is -4.34. The first-order valence-corrected chi connectivity index (χ1v) is 16.9. The molecule has 11 nitrogen and oxygen atoms in total. The lowest BCUT2D eigenvalue weighted by Crippen LogP contribution is -2.49. The predicted octanol–water partition coefficient (Wildman–Crippen LogP) is 5.34. The maximum atomic E-state index is 13.2. The van der Waals surface area contributed by atoms with Gasteiger partial charge in [-0.1, -0.05) is 88.2 Å². The zero-order chi connectivity index (χ0) is 33.8. The van der Waals surface area contributed by atoms with E-state index in [1.165, 1.54) is 24.3 Å². The van der Waals surface area contributed by atoms with Crippen LogP contribution in [0, 0.1) is 0 Å². The molecule has 0 aliphatic heterocycles. The van der Waals surface area contributed by atoms with Gasteiger partial charge in [0.25, 0.3) is 21.8 Å². The summed E-state index contributed by atoms with van der Waals surface area (Å²) in [5, 5.41) is 7.95. The number of amides is 3. The summed E-state index contributed by atoms with van der Waals surface area (Å²) >= 11 is 14.5. The Bertz CT molecular complexity index is 1830. The lowest BCUT2D eigenvalue weighted by Gasteiger charge is -2.19. The molecule has 244 valence electrons. The lowest BCUT2D eigenvalue weighted by atomic mass is 10.1. The van der Waals surface area contributed by atoms with Crippen molar-refractivity contribution in [1.29, 1.82) is 0 Å². The van der Waals surface area contributed by atoms with Gasteiger partial charge in [-0.05, 0) is 65.8 Å². The maximum Gasteiger partial charge on any atom is 0.408 e. The van der Waals surface area contributed by atoms with E-state index in [2.05, 4.69) is 31.9 Å². The standard InChI is InChI=1S/C32H28BrClN4O7S2/c33-23-11-16-28(26(34)18-23)44-20-29(39)37-31(46)35-24-12-14-25(15-13-24)47(42,43)38-30(40)27(17-21-7-3-1-4-8-21)36-32(41)45-19-22-9-5-2-6-10-22/h1-16,18,27H,17,19-20H2,(H,36,41)(H,38,40)(H2,35,37,39,46)/t27-/m0/s1. The second-order valence-electron chi connectivity index (χ2n) is 9.81. The topological polar surface area (TPSA) is 152 Å². The van der Waals surface area contributed by atoms with E-state index in [4.69, 9.17) is 33.3 Å². The minimum Gasteiger partial charge on any atom is -0.482 e. The fourth-order valence-corrected chi connectivity index (χ4v) is 5.99. The molecule has 4 aromatic carbocycles. The highest BCUT2D eigenvalue weighted by Gasteiger charge is 2.27. The SMILES string of the molecule is O=C(COc1ccc(Br)cc1Cl)NC(=S)Nc1ccc(S(=O)(=O)NC(=O)[C@H](Cc2ccccc2)NC(=O)OCc2ccccc2)cc1. The van der Waals surface area contributed by atoms with Gasteiger partial charge in [0.05, 0.1) is 9.92 Å². The molecule has 3 amide bonds. The molecular weight excluding hydrogens is 732 g/mol. The van der Waals surface area contributed by atoms with Crippen molar-refractivity contribution in [3.8, 4) is 5.75 Å². The van der Waals surface area contributed by atoms with Crippen LogP contribution in [0.15, 0.2) is 112 Å². The number of halogens is 2. The molecule has 0 heterocycles. The molecule has 15 heteroatoms. The molecule has 0 fully saturated rings. The lowest BCUT2D eigenvalue weighted by molar-refractivity contribution is -0.122. The molecule has 0 unspecified atom stereocenters. The van der Waals surface area contributed by atoms with Crippen LogP contribution in [0.4, 0.5) is 10.5 Å². The van der Waals surface area contributed by atoms with Crippen LogP contribution in [0.25, 0.3) is 0 Å². The van der Waals surface area contributed by atoms with Crippen LogP contribution < -0.4 is 25.4 Å². The molecule has 4 rings (SSSR count). The van der Waals surface area contributed by atoms with Crippen molar-refractivity contribution < 1.29 is 32.3 Å². The Balaban J connectivity index is 1.33. The number of nitrogens with one attached hydrogen (secondary N) is 4. The van der Waals surface area contributed by atoms with Gasteiger partial charge in [-0.3, -0.25) is 14.9 Å². The Kier molecular flexibility index (Phi) is 12.7. The third-order valence-electron chi connectivity index (χ3n) is 6.27. The first-order valence-electron chi connectivity index (χ1n) is 13.8. The molecule has 1 atom stereocenters. The zero-order valence-corrected chi connectivity index (χ0v) is 28.4. The van der Waals surface area contributed by atoms with Gasteiger partial charge in [0.1, 0.15) is 18.4 Å². The van der Waals surface area contributed by atoms with Crippen LogP contribution in [-0.2, 0) is 37.4 Å². The number of sulfonamides is 1. The predicted molar refractivity (Wildman–Crippen MR) is 184 cm³/mol. The molecule has 47 heavy (non-hydrogen) atoms. The van der Waals surface area contributed by atoms with Crippen molar-refractivity contribution in [2.75, 3.05) is 11.9 Å². The van der Waals surface area contributed by atoms with Gasteiger partial charge in [0.2, 0.25) is 0 Å². The van der Waals surface area contributed by atoms with Crippen molar-refractivity contribution in [1.82, 2.24) is 15.4 Å². The van der Waals surface area contributed by atoms with Gasteiger partial charge in [-0.15, -0.1) is 0 Å². The Morgan fingerprint density at radius 1 is 0.872 bits per heavy atom. The number of anilines is 1. The third kappa shape index (κ3) is 11.4. The highest BCUT2D eigenvalue weighted by Crippen LogP contribution is 2.27. The Morgan fingerprint density at radius 2 is 1.51 bits per heavy atom. The maximum absolute atomic E-state index is 13.2. The molecule has 0 aliphatic rings. The molecule has 0 radical (unpaired) electrons. The fourth-order valence-electron chi connectivity index (χ4n) is 4.01. The molecule has 0 aliphatic carbocycles. The normalized spacial score (nSPS) is 11.4. The monoisotopic (exact) mass is 758 g/mol. The van der Waals surface area contributed by atoms with Gasteiger partial charge >= 0.3 is 6.09 Å². The van der Waals surface area contributed by atoms with Crippen molar-refractivity contribution in [2.45, 2.75) is 24.0 Å². The number of thiocarbonyl (C=S) groups is 1. The molecule has 0 aromatic heterocycles. The number of carbonyl (C=O) groups is 3.